The lowest BCUT2D eigenvalue weighted by Gasteiger charge is -2.23. The predicted molar refractivity (Wildman–Crippen MR) is 166 cm³/mol. The third kappa shape index (κ3) is 25.7. The molecular formula is C31H59N2O6P. The molecule has 3 unspecified atom stereocenters. The normalized spacial score (nSPS) is 15.2. The molecule has 40 heavy (non-hydrogen) atoms. The van der Waals surface area contributed by atoms with E-state index in [1.165, 1.54) is 44.9 Å². The van der Waals surface area contributed by atoms with E-state index in [0.717, 1.165) is 57.8 Å². The van der Waals surface area contributed by atoms with Gasteiger partial charge in [-0.15, -0.1) is 0 Å². The lowest BCUT2D eigenvalue weighted by atomic mass is 10.1. The molecule has 1 amide bonds. The summed E-state index contributed by atoms with van der Waals surface area (Å²) in [5.74, 6) is -0.221. The number of carbonyl (C=O) groups excluding carboxylic acids is 1. The average Bonchev–Trinajstić information content (AvgIpc) is 2.93. The van der Waals surface area contributed by atoms with E-state index in [-0.39, 0.29) is 25.7 Å². The number of rotatable bonds is 28. The van der Waals surface area contributed by atoms with Gasteiger partial charge < -0.3 is 21.1 Å². The van der Waals surface area contributed by atoms with Crippen molar-refractivity contribution in [3.63, 3.8) is 0 Å². The van der Waals surface area contributed by atoms with Gasteiger partial charge >= 0.3 is 7.82 Å². The molecule has 0 rings (SSSR count). The number of allylic oxidation sites excluding steroid dienone is 5. The average molecular weight is 587 g/mol. The topological polar surface area (TPSA) is 131 Å². The van der Waals surface area contributed by atoms with Crippen LogP contribution in [0.2, 0.25) is 0 Å². The molecule has 9 heteroatoms. The highest BCUT2D eigenvalue weighted by atomic mass is 31.2. The molecule has 5 N–H and O–H groups in total. The van der Waals surface area contributed by atoms with Gasteiger partial charge in [0.05, 0.1) is 25.4 Å². The quantitative estimate of drug-likeness (QED) is 0.0431. The van der Waals surface area contributed by atoms with Crippen LogP contribution in [0.5, 0.6) is 0 Å². The summed E-state index contributed by atoms with van der Waals surface area (Å²) < 4.78 is 21.8. The first-order chi connectivity index (χ1) is 19.4. The highest BCUT2D eigenvalue weighted by Gasteiger charge is 2.26. The van der Waals surface area contributed by atoms with Gasteiger partial charge in [0, 0.05) is 13.0 Å². The summed E-state index contributed by atoms with van der Waals surface area (Å²) in [4.78, 5) is 22.4. The monoisotopic (exact) mass is 586 g/mol. The number of hydrogen-bond acceptors (Lipinski definition) is 6. The number of carbonyl (C=O) groups is 1. The van der Waals surface area contributed by atoms with Crippen molar-refractivity contribution in [1.82, 2.24) is 5.32 Å². The molecule has 0 bridgehead atoms. The number of nitrogens with two attached hydrogens (primary N) is 1. The molecule has 0 radical (unpaired) electrons. The zero-order valence-corrected chi connectivity index (χ0v) is 26.2. The Morgan fingerprint density at radius 1 is 0.800 bits per heavy atom. The van der Waals surface area contributed by atoms with Crippen molar-refractivity contribution >= 4 is 13.7 Å². The molecule has 0 spiro atoms. The van der Waals surface area contributed by atoms with Crippen molar-refractivity contribution in [2.45, 2.75) is 135 Å². The number of aliphatic hydroxyl groups excluding tert-OH is 1. The zero-order chi connectivity index (χ0) is 29.7. The van der Waals surface area contributed by atoms with Crippen molar-refractivity contribution in [3.8, 4) is 0 Å². The molecule has 0 aliphatic rings. The van der Waals surface area contributed by atoms with E-state index in [1.54, 1.807) is 6.08 Å². The minimum atomic E-state index is -4.33. The number of nitrogens with one attached hydrogen (secondary N) is 1. The van der Waals surface area contributed by atoms with Crippen molar-refractivity contribution in [2.24, 2.45) is 5.73 Å². The van der Waals surface area contributed by atoms with Crippen LogP contribution in [0.15, 0.2) is 36.5 Å². The summed E-state index contributed by atoms with van der Waals surface area (Å²) in [6, 6.07) is -0.875. The van der Waals surface area contributed by atoms with Crippen molar-refractivity contribution in [3.05, 3.63) is 36.5 Å². The van der Waals surface area contributed by atoms with Crippen LogP contribution >= 0.6 is 7.82 Å². The van der Waals surface area contributed by atoms with Gasteiger partial charge in [0.1, 0.15) is 0 Å². The first kappa shape index (κ1) is 38.7. The largest absolute Gasteiger partial charge is 0.472 e. The maximum absolute atomic E-state index is 12.6. The molecule has 0 aromatic rings. The van der Waals surface area contributed by atoms with E-state index in [4.69, 9.17) is 14.8 Å². The second-order valence-electron chi connectivity index (χ2n) is 10.3. The fourth-order valence-electron chi connectivity index (χ4n) is 4.01. The Labute approximate surface area is 244 Å². The lowest BCUT2D eigenvalue weighted by Crippen LogP contribution is -2.45. The third-order valence-corrected chi connectivity index (χ3v) is 7.42. The smallest absolute Gasteiger partial charge is 0.387 e. The first-order valence-corrected chi connectivity index (χ1v) is 17.1. The van der Waals surface area contributed by atoms with Crippen LogP contribution < -0.4 is 11.1 Å². The first-order valence-electron chi connectivity index (χ1n) is 15.6. The number of amides is 1. The van der Waals surface area contributed by atoms with E-state index in [2.05, 4.69) is 43.5 Å². The fraction of sp³-hybridized carbons (Fsp3) is 0.774. The molecule has 0 saturated heterocycles. The zero-order valence-electron chi connectivity index (χ0n) is 25.3. The molecule has 0 saturated carbocycles. The van der Waals surface area contributed by atoms with E-state index in [9.17, 15) is 19.4 Å². The Bertz CT molecular complexity index is 729. The van der Waals surface area contributed by atoms with Crippen molar-refractivity contribution in [1.29, 1.82) is 0 Å². The summed E-state index contributed by atoms with van der Waals surface area (Å²) in [5, 5.41) is 13.4. The Morgan fingerprint density at radius 2 is 1.35 bits per heavy atom. The van der Waals surface area contributed by atoms with Crippen LogP contribution in [-0.2, 0) is 18.4 Å². The van der Waals surface area contributed by atoms with Gasteiger partial charge in [-0.25, -0.2) is 4.57 Å². The Balaban J connectivity index is 4.45. The third-order valence-electron chi connectivity index (χ3n) is 6.44. The standard InChI is InChI=1S/C31H59N2O6P/c1-3-5-7-9-11-13-14-15-16-17-19-21-23-25-31(35)33-29(28-39-40(36,37)38-27-26-32)30(34)24-22-20-18-12-10-8-6-4-2/h10,12-14,22,24,29-30,34H,3-9,11,15-21,23,25-28,32H2,1-2H3,(H,33,35)(H,36,37)/b12-10+,14-13-,24-22+. The van der Waals surface area contributed by atoms with Gasteiger partial charge in [0.15, 0.2) is 0 Å². The van der Waals surface area contributed by atoms with E-state index in [0.29, 0.717) is 6.42 Å². The molecule has 0 aliphatic carbocycles. The van der Waals surface area contributed by atoms with E-state index >= 15 is 0 Å². The highest BCUT2D eigenvalue weighted by molar-refractivity contribution is 7.47. The molecule has 0 aromatic heterocycles. The molecular weight excluding hydrogens is 527 g/mol. The van der Waals surface area contributed by atoms with Gasteiger partial charge in [0.25, 0.3) is 0 Å². The maximum atomic E-state index is 12.6. The molecule has 8 nitrogen and oxygen atoms in total. The minimum Gasteiger partial charge on any atom is -0.387 e. The van der Waals surface area contributed by atoms with Crippen LogP contribution in [0.4, 0.5) is 0 Å². The van der Waals surface area contributed by atoms with Gasteiger partial charge in [-0.3, -0.25) is 13.8 Å². The molecule has 0 aromatic carbocycles. The summed E-state index contributed by atoms with van der Waals surface area (Å²) in [6.45, 7) is 3.97. The van der Waals surface area contributed by atoms with Gasteiger partial charge in [-0.1, -0.05) is 102 Å². The second kappa shape index (κ2) is 27.9. The number of aliphatic hydroxyl groups is 1. The van der Waals surface area contributed by atoms with Crippen molar-refractivity contribution in [2.75, 3.05) is 19.8 Å². The van der Waals surface area contributed by atoms with Crippen LogP contribution in [0.25, 0.3) is 0 Å². The summed E-state index contributed by atoms with van der Waals surface area (Å²) >= 11 is 0. The Kier molecular flexibility index (Phi) is 27.0. The van der Waals surface area contributed by atoms with Crippen molar-refractivity contribution < 1.29 is 28.4 Å². The summed E-state index contributed by atoms with van der Waals surface area (Å²) in [6.07, 6.45) is 29.2. The molecule has 0 fully saturated rings. The van der Waals surface area contributed by atoms with Crippen LogP contribution in [0.3, 0.4) is 0 Å². The fourth-order valence-corrected chi connectivity index (χ4v) is 4.77. The van der Waals surface area contributed by atoms with Gasteiger partial charge in [0.2, 0.25) is 5.91 Å². The summed E-state index contributed by atoms with van der Waals surface area (Å²) in [5.41, 5.74) is 5.32. The highest BCUT2D eigenvalue weighted by Crippen LogP contribution is 2.43. The predicted octanol–water partition coefficient (Wildman–Crippen LogP) is 7.26. The van der Waals surface area contributed by atoms with E-state index < -0.39 is 20.0 Å². The van der Waals surface area contributed by atoms with Crippen LogP contribution in [0, 0.1) is 0 Å². The second-order valence-corrected chi connectivity index (χ2v) is 11.8. The molecule has 0 aliphatic heterocycles. The number of phosphoric ester groups is 1. The summed E-state index contributed by atoms with van der Waals surface area (Å²) in [7, 11) is -4.33. The van der Waals surface area contributed by atoms with E-state index in [1.807, 2.05) is 6.08 Å². The van der Waals surface area contributed by atoms with Crippen LogP contribution in [0.1, 0.15) is 123 Å². The Hall–Kier alpha value is -1.28. The van der Waals surface area contributed by atoms with Crippen LogP contribution in [-0.4, -0.2) is 47.8 Å². The lowest BCUT2D eigenvalue weighted by molar-refractivity contribution is -0.123. The molecule has 3 atom stereocenters. The van der Waals surface area contributed by atoms with Gasteiger partial charge in [-0.05, 0) is 51.4 Å². The minimum absolute atomic E-state index is 0.0716. The SMILES string of the molecule is CCCC/C=C/CC/C=C/C(O)C(COP(=O)(O)OCCN)NC(=O)CCCCCCC/C=C\CCCCCC. The number of hydrogen-bond donors (Lipinski definition) is 4. The van der Waals surface area contributed by atoms with Gasteiger partial charge in [-0.2, -0.15) is 0 Å². The maximum Gasteiger partial charge on any atom is 0.472 e. The number of phosphoric acid groups is 1. The molecule has 234 valence electrons. The Morgan fingerprint density at radius 3 is 2.00 bits per heavy atom. The molecule has 0 heterocycles. The number of unbranched alkanes of at least 4 members (excludes halogenated alkanes) is 12.